The zero-order valence-electron chi connectivity index (χ0n) is 16.5. The molecule has 4 rings (SSSR count). The minimum atomic E-state index is -0.0222. The summed E-state index contributed by atoms with van der Waals surface area (Å²) < 4.78 is 7.53. The Morgan fingerprint density at radius 2 is 2.29 bits per heavy atom. The molecule has 0 unspecified atom stereocenters. The lowest BCUT2D eigenvalue weighted by atomic mass is 10.2. The smallest absolute Gasteiger partial charge is 0.263 e. The summed E-state index contributed by atoms with van der Waals surface area (Å²) in [6.45, 7) is 5.31. The molecule has 8 heteroatoms. The number of thiophene rings is 1. The lowest BCUT2D eigenvalue weighted by Gasteiger charge is -2.16. The minimum Gasteiger partial charge on any atom is -0.376 e. The maximum atomic E-state index is 13.4. The molecule has 1 N–H and O–H groups in total. The Balaban J connectivity index is 1.65. The Hall–Kier alpha value is -1.38. The van der Waals surface area contributed by atoms with Gasteiger partial charge in [-0.2, -0.15) is 0 Å². The molecule has 0 radical (unpaired) electrons. The molecule has 2 atom stereocenters. The summed E-state index contributed by atoms with van der Waals surface area (Å²) >= 11 is 3.00. The van der Waals surface area contributed by atoms with Gasteiger partial charge in [-0.05, 0) is 51.0 Å². The highest BCUT2D eigenvalue weighted by molar-refractivity contribution is 7.99. The molecule has 28 heavy (non-hydrogen) atoms. The number of aromatic nitrogens is 2. The number of carbonyl (C=O) groups excluding carboxylic acids is 1. The predicted molar refractivity (Wildman–Crippen MR) is 113 cm³/mol. The van der Waals surface area contributed by atoms with Crippen LogP contribution in [0.2, 0.25) is 0 Å². The van der Waals surface area contributed by atoms with Gasteiger partial charge in [-0.1, -0.05) is 18.7 Å². The lowest BCUT2D eigenvalue weighted by molar-refractivity contribution is -0.119. The van der Waals surface area contributed by atoms with Gasteiger partial charge in [0.1, 0.15) is 4.83 Å². The molecule has 3 heterocycles. The van der Waals surface area contributed by atoms with Crippen molar-refractivity contribution in [1.82, 2.24) is 14.9 Å². The number of amides is 1. The first-order chi connectivity index (χ1) is 13.6. The van der Waals surface area contributed by atoms with E-state index < -0.39 is 0 Å². The van der Waals surface area contributed by atoms with Crippen molar-refractivity contribution in [3.05, 3.63) is 20.8 Å². The van der Waals surface area contributed by atoms with Crippen molar-refractivity contribution >= 4 is 39.2 Å². The fourth-order valence-electron chi connectivity index (χ4n) is 3.87. The second-order valence-corrected chi connectivity index (χ2v) is 9.67. The van der Waals surface area contributed by atoms with Crippen molar-refractivity contribution in [2.75, 3.05) is 12.4 Å². The molecule has 2 aromatic rings. The topological polar surface area (TPSA) is 73.2 Å². The summed E-state index contributed by atoms with van der Waals surface area (Å²) in [7, 11) is 0. The molecule has 0 bridgehead atoms. The van der Waals surface area contributed by atoms with Crippen LogP contribution in [0.1, 0.15) is 50.0 Å². The number of aryl methyl sites for hydroxylation is 2. The Morgan fingerprint density at radius 1 is 1.43 bits per heavy atom. The molecule has 2 aromatic heterocycles. The van der Waals surface area contributed by atoms with Crippen LogP contribution in [0, 0.1) is 0 Å². The zero-order valence-corrected chi connectivity index (χ0v) is 18.1. The van der Waals surface area contributed by atoms with Crippen LogP contribution >= 0.6 is 23.1 Å². The first kappa shape index (κ1) is 19.9. The first-order valence-corrected chi connectivity index (χ1v) is 12.0. The molecule has 6 nitrogen and oxygen atoms in total. The van der Waals surface area contributed by atoms with Gasteiger partial charge in [-0.15, -0.1) is 11.3 Å². The van der Waals surface area contributed by atoms with E-state index in [0.717, 1.165) is 55.3 Å². The Kier molecular flexibility index (Phi) is 6.08. The second-order valence-electron chi connectivity index (χ2n) is 7.65. The summed E-state index contributed by atoms with van der Waals surface area (Å²) in [5.74, 6) is 0.241. The molecule has 1 aliphatic heterocycles. The Bertz CT molecular complexity index is 931. The van der Waals surface area contributed by atoms with Crippen LogP contribution in [0.4, 0.5) is 0 Å². The van der Waals surface area contributed by atoms with Crippen LogP contribution in [0.5, 0.6) is 0 Å². The maximum Gasteiger partial charge on any atom is 0.263 e. The van der Waals surface area contributed by atoms with E-state index in [-0.39, 0.29) is 29.4 Å². The summed E-state index contributed by atoms with van der Waals surface area (Å²) in [5.41, 5.74) is 1.23. The molecule has 0 aromatic carbocycles. The van der Waals surface area contributed by atoms with Crippen molar-refractivity contribution in [2.24, 2.45) is 0 Å². The van der Waals surface area contributed by atoms with Crippen molar-refractivity contribution in [3.8, 4) is 0 Å². The summed E-state index contributed by atoms with van der Waals surface area (Å²) in [6, 6.07) is 0.151. The van der Waals surface area contributed by atoms with E-state index >= 15 is 0 Å². The number of nitrogens with zero attached hydrogens (tertiary/aromatic N) is 2. The van der Waals surface area contributed by atoms with Gasteiger partial charge in [0.2, 0.25) is 5.91 Å². The van der Waals surface area contributed by atoms with E-state index in [0.29, 0.717) is 11.7 Å². The highest BCUT2D eigenvalue weighted by atomic mass is 32.2. The summed E-state index contributed by atoms with van der Waals surface area (Å²) in [5, 5.41) is 4.41. The number of hydrogen-bond acceptors (Lipinski definition) is 6. The summed E-state index contributed by atoms with van der Waals surface area (Å²) in [4.78, 5) is 32.6. The van der Waals surface area contributed by atoms with Gasteiger partial charge >= 0.3 is 0 Å². The number of ether oxygens (including phenoxy) is 1. The van der Waals surface area contributed by atoms with Gasteiger partial charge < -0.3 is 10.1 Å². The number of nitrogens with one attached hydrogen (secondary N) is 1. The van der Waals surface area contributed by atoms with Crippen LogP contribution in [0.3, 0.4) is 0 Å². The van der Waals surface area contributed by atoms with Crippen LogP contribution < -0.4 is 10.9 Å². The average Bonchev–Trinajstić information content (AvgIpc) is 3.39. The molecule has 0 spiro atoms. The molecule has 0 saturated carbocycles. The van der Waals surface area contributed by atoms with E-state index in [1.165, 1.54) is 22.2 Å². The largest absolute Gasteiger partial charge is 0.376 e. The molecule has 152 valence electrons. The number of thioether (sulfide) groups is 1. The average molecular weight is 422 g/mol. The molecular weight excluding hydrogens is 394 g/mol. The SMILES string of the molecule is CC[C@H](C)NC(=O)CSc1nc2sc3c(c2c(=O)n1C[C@@H]1CCCO1)CCC3. The van der Waals surface area contributed by atoms with Crippen molar-refractivity contribution < 1.29 is 9.53 Å². The number of hydrogen-bond donors (Lipinski definition) is 1. The van der Waals surface area contributed by atoms with E-state index in [1.807, 2.05) is 13.8 Å². The summed E-state index contributed by atoms with van der Waals surface area (Å²) in [6.07, 6.45) is 6.07. The number of carbonyl (C=O) groups is 1. The van der Waals surface area contributed by atoms with E-state index in [9.17, 15) is 9.59 Å². The first-order valence-electron chi connectivity index (χ1n) is 10.2. The fraction of sp³-hybridized carbons (Fsp3) is 0.650. The maximum absolute atomic E-state index is 13.4. The number of fused-ring (bicyclic) bond motifs is 3. The van der Waals surface area contributed by atoms with E-state index in [1.54, 1.807) is 15.9 Å². The van der Waals surface area contributed by atoms with E-state index in [2.05, 4.69) is 5.32 Å². The monoisotopic (exact) mass is 421 g/mol. The van der Waals surface area contributed by atoms with Gasteiger partial charge in [-0.25, -0.2) is 4.98 Å². The van der Waals surface area contributed by atoms with Gasteiger partial charge in [0, 0.05) is 17.5 Å². The second kappa shape index (κ2) is 8.55. The number of rotatable bonds is 7. The highest BCUT2D eigenvalue weighted by Crippen LogP contribution is 2.35. The van der Waals surface area contributed by atoms with Crippen LogP contribution in [0.25, 0.3) is 10.2 Å². The van der Waals surface area contributed by atoms with Gasteiger partial charge in [0.05, 0.1) is 23.8 Å². The predicted octanol–water partition coefficient (Wildman–Crippen LogP) is 3.13. The van der Waals surface area contributed by atoms with Crippen LogP contribution in [-0.4, -0.2) is 40.0 Å². The van der Waals surface area contributed by atoms with Gasteiger partial charge in [-0.3, -0.25) is 14.2 Å². The third kappa shape index (κ3) is 4.00. The molecule has 1 saturated heterocycles. The van der Waals surface area contributed by atoms with Crippen LogP contribution in [-0.2, 0) is 28.9 Å². The highest BCUT2D eigenvalue weighted by Gasteiger charge is 2.25. The van der Waals surface area contributed by atoms with E-state index in [4.69, 9.17) is 9.72 Å². The standard InChI is InChI=1S/C20H27N3O3S2/c1-3-12(2)21-16(24)11-27-20-22-18-17(14-7-4-8-15(14)28-18)19(25)23(20)10-13-6-5-9-26-13/h12-13H,3-11H2,1-2H3,(H,21,24)/t12-,13-/m0/s1. The van der Waals surface area contributed by atoms with Gasteiger partial charge in [0.25, 0.3) is 5.56 Å². The fourth-order valence-corrected chi connectivity index (χ4v) is 5.99. The normalized spacial score (nSPS) is 19.9. The Labute approximate surface area is 173 Å². The van der Waals surface area contributed by atoms with Gasteiger partial charge in [0.15, 0.2) is 5.16 Å². The zero-order chi connectivity index (χ0) is 19.7. The van der Waals surface area contributed by atoms with Crippen LogP contribution in [0.15, 0.2) is 9.95 Å². The van der Waals surface area contributed by atoms with Crippen molar-refractivity contribution in [3.63, 3.8) is 0 Å². The Morgan fingerprint density at radius 3 is 3.04 bits per heavy atom. The molecule has 1 amide bonds. The quantitative estimate of drug-likeness (QED) is 0.549. The molecular formula is C20H27N3O3S2. The molecule has 1 aliphatic carbocycles. The third-order valence-electron chi connectivity index (χ3n) is 5.55. The molecule has 2 aliphatic rings. The molecule has 1 fully saturated rings. The minimum absolute atomic E-state index is 0.0222. The van der Waals surface area contributed by atoms with Crippen molar-refractivity contribution in [2.45, 2.75) is 76.2 Å². The van der Waals surface area contributed by atoms with Crippen molar-refractivity contribution in [1.29, 1.82) is 0 Å². The third-order valence-corrected chi connectivity index (χ3v) is 7.71. The lowest BCUT2D eigenvalue weighted by Crippen LogP contribution is -2.34.